The van der Waals surface area contributed by atoms with Gasteiger partial charge >= 0.3 is 0 Å². The summed E-state index contributed by atoms with van der Waals surface area (Å²) in [4.78, 5) is 0. The van der Waals surface area contributed by atoms with Gasteiger partial charge in [-0.05, 0) is 11.8 Å². The first kappa shape index (κ1) is 11.9. The summed E-state index contributed by atoms with van der Waals surface area (Å²) >= 11 is 0. The fourth-order valence-electron chi connectivity index (χ4n) is 1.44. The largest absolute Gasteiger partial charge is 0.396 e. The van der Waals surface area contributed by atoms with Gasteiger partial charge in [0, 0.05) is 5.41 Å². The number of hydrogen-bond acceptors (Lipinski definition) is 2. The molecule has 2 N–H and O–H groups in total. The van der Waals surface area contributed by atoms with Crippen LogP contribution in [0.25, 0.3) is 0 Å². The Morgan fingerprint density at radius 3 is 1.67 bits per heavy atom. The topological polar surface area (TPSA) is 40.5 Å². The SMILES string of the molecule is CCC(C)(CO)C(O)C(C)(C)C. The van der Waals surface area contributed by atoms with Crippen molar-refractivity contribution in [1.29, 1.82) is 0 Å². The van der Waals surface area contributed by atoms with E-state index in [1.807, 2.05) is 34.6 Å². The van der Waals surface area contributed by atoms with E-state index in [9.17, 15) is 5.11 Å². The Morgan fingerprint density at radius 1 is 1.17 bits per heavy atom. The third kappa shape index (κ3) is 2.46. The minimum Gasteiger partial charge on any atom is -0.396 e. The van der Waals surface area contributed by atoms with Gasteiger partial charge in [-0.1, -0.05) is 34.6 Å². The zero-order chi connectivity index (χ0) is 9.99. The lowest BCUT2D eigenvalue weighted by atomic mass is 9.71. The Kier molecular flexibility index (Phi) is 3.73. The Balaban J connectivity index is 4.53. The van der Waals surface area contributed by atoms with Gasteiger partial charge in [-0.3, -0.25) is 0 Å². The van der Waals surface area contributed by atoms with E-state index < -0.39 is 6.10 Å². The van der Waals surface area contributed by atoms with Crippen molar-refractivity contribution in [2.24, 2.45) is 10.8 Å². The molecule has 0 saturated carbocycles. The van der Waals surface area contributed by atoms with E-state index in [0.29, 0.717) is 0 Å². The number of aliphatic hydroxyl groups is 2. The standard InChI is InChI=1S/C10H22O2/c1-6-10(5,7-11)8(12)9(2,3)4/h8,11-12H,6-7H2,1-5H3. The molecular formula is C10H22O2. The second-order valence-electron chi connectivity index (χ2n) is 4.93. The molecule has 0 fully saturated rings. The zero-order valence-corrected chi connectivity index (χ0v) is 8.89. The van der Waals surface area contributed by atoms with Gasteiger partial charge in [-0.2, -0.15) is 0 Å². The molecule has 2 nitrogen and oxygen atoms in total. The van der Waals surface area contributed by atoms with Crippen molar-refractivity contribution in [3.63, 3.8) is 0 Å². The molecule has 2 unspecified atom stereocenters. The highest BCUT2D eigenvalue weighted by Crippen LogP contribution is 2.35. The van der Waals surface area contributed by atoms with Crippen molar-refractivity contribution in [3.05, 3.63) is 0 Å². The summed E-state index contributed by atoms with van der Waals surface area (Å²) in [5.74, 6) is 0. The van der Waals surface area contributed by atoms with Crippen LogP contribution in [0, 0.1) is 10.8 Å². The molecule has 0 aromatic carbocycles. The summed E-state index contributed by atoms with van der Waals surface area (Å²) in [7, 11) is 0. The normalized spacial score (nSPS) is 20.2. The third-order valence-corrected chi connectivity index (χ3v) is 2.65. The van der Waals surface area contributed by atoms with Crippen molar-refractivity contribution in [2.75, 3.05) is 6.61 Å². The molecule has 0 aromatic rings. The van der Waals surface area contributed by atoms with Gasteiger partial charge in [-0.25, -0.2) is 0 Å². The first-order chi connectivity index (χ1) is 5.28. The summed E-state index contributed by atoms with van der Waals surface area (Å²) in [6.07, 6.45) is 0.335. The van der Waals surface area contributed by atoms with Crippen LogP contribution in [0.1, 0.15) is 41.0 Å². The quantitative estimate of drug-likeness (QED) is 0.685. The number of rotatable bonds is 3. The maximum atomic E-state index is 9.94. The first-order valence-corrected chi connectivity index (χ1v) is 4.57. The van der Waals surface area contributed by atoms with E-state index in [1.54, 1.807) is 0 Å². The van der Waals surface area contributed by atoms with E-state index in [4.69, 9.17) is 5.11 Å². The fourth-order valence-corrected chi connectivity index (χ4v) is 1.44. The molecular weight excluding hydrogens is 152 g/mol. The van der Waals surface area contributed by atoms with Gasteiger partial charge in [0.1, 0.15) is 0 Å². The van der Waals surface area contributed by atoms with Crippen LogP contribution in [0.15, 0.2) is 0 Å². The number of hydrogen-bond donors (Lipinski definition) is 2. The zero-order valence-electron chi connectivity index (χ0n) is 8.89. The van der Waals surface area contributed by atoms with Gasteiger partial charge in [0.2, 0.25) is 0 Å². The molecule has 0 aromatic heterocycles. The predicted molar refractivity (Wildman–Crippen MR) is 50.9 cm³/mol. The molecule has 0 aliphatic heterocycles. The Labute approximate surface area is 75.6 Å². The lowest BCUT2D eigenvalue weighted by Gasteiger charge is -2.39. The predicted octanol–water partition coefficient (Wildman–Crippen LogP) is 1.80. The first-order valence-electron chi connectivity index (χ1n) is 4.57. The van der Waals surface area contributed by atoms with Crippen LogP contribution in [0.3, 0.4) is 0 Å². The van der Waals surface area contributed by atoms with Crippen molar-refractivity contribution in [3.8, 4) is 0 Å². The summed E-state index contributed by atoms with van der Waals surface area (Å²) in [6, 6.07) is 0. The second kappa shape index (κ2) is 3.75. The Morgan fingerprint density at radius 2 is 1.58 bits per heavy atom. The van der Waals surface area contributed by atoms with Crippen LogP contribution < -0.4 is 0 Å². The molecule has 0 heterocycles. The van der Waals surface area contributed by atoms with Crippen molar-refractivity contribution in [1.82, 2.24) is 0 Å². The van der Waals surface area contributed by atoms with Gasteiger partial charge in [0.25, 0.3) is 0 Å². The van der Waals surface area contributed by atoms with E-state index >= 15 is 0 Å². The lowest BCUT2D eigenvalue weighted by Crippen LogP contribution is -2.43. The average molecular weight is 174 g/mol. The molecule has 2 heteroatoms. The summed E-state index contributed by atoms with van der Waals surface area (Å²) in [5.41, 5.74) is -0.522. The maximum absolute atomic E-state index is 9.94. The van der Waals surface area contributed by atoms with E-state index in [2.05, 4.69) is 0 Å². The highest BCUT2D eigenvalue weighted by Gasteiger charge is 2.38. The van der Waals surface area contributed by atoms with Crippen LogP contribution in [0.5, 0.6) is 0 Å². The van der Waals surface area contributed by atoms with Crippen LogP contribution in [-0.2, 0) is 0 Å². The molecule has 0 bridgehead atoms. The molecule has 0 rings (SSSR count). The lowest BCUT2D eigenvalue weighted by molar-refractivity contribution is -0.0690. The highest BCUT2D eigenvalue weighted by molar-refractivity contribution is 4.88. The molecule has 0 spiro atoms. The molecule has 2 atom stereocenters. The van der Waals surface area contributed by atoms with Crippen LogP contribution in [-0.4, -0.2) is 22.9 Å². The Bertz CT molecular complexity index is 131. The van der Waals surface area contributed by atoms with Gasteiger partial charge in [-0.15, -0.1) is 0 Å². The van der Waals surface area contributed by atoms with E-state index in [1.165, 1.54) is 0 Å². The summed E-state index contributed by atoms with van der Waals surface area (Å²) in [5, 5.41) is 19.1. The van der Waals surface area contributed by atoms with Crippen LogP contribution >= 0.6 is 0 Å². The van der Waals surface area contributed by atoms with Crippen molar-refractivity contribution in [2.45, 2.75) is 47.1 Å². The molecule has 0 aliphatic rings. The molecule has 74 valence electrons. The van der Waals surface area contributed by atoms with Gasteiger partial charge in [0.15, 0.2) is 0 Å². The van der Waals surface area contributed by atoms with Crippen molar-refractivity contribution >= 4 is 0 Å². The smallest absolute Gasteiger partial charge is 0.0663 e. The summed E-state index contributed by atoms with van der Waals surface area (Å²) in [6.45, 7) is 9.92. The monoisotopic (exact) mass is 174 g/mol. The maximum Gasteiger partial charge on any atom is 0.0663 e. The van der Waals surface area contributed by atoms with Crippen LogP contribution in [0.2, 0.25) is 0 Å². The van der Waals surface area contributed by atoms with E-state index in [0.717, 1.165) is 6.42 Å². The highest BCUT2D eigenvalue weighted by atomic mass is 16.3. The Hall–Kier alpha value is -0.0800. The van der Waals surface area contributed by atoms with E-state index in [-0.39, 0.29) is 17.4 Å². The minimum atomic E-state index is -0.458. The molecule has 0 saturated heterocycles. The number of aliphatic hydroxyl groups excluding tert-OH is 2. The average Bonchev–Trinajstić information content (AvgIpc) is 2.00. The van der Waals surface area contributed by atoms with Gasteiger partial charge in [0.05, 0.1) is 12.7 Å². The van der Waals surface area contributed by atoms with Crippen LogP contribution in [0.4, 0.5) is 0 Å². The van der Waals surface area contributed by atoms with Crippen molar-refractivity contribution < 1.29 is 10.2 Å². The molecule has 0 aliphatic carbocycles. The minimum absolute atomic E-state index is 0.0436. The molecule has 0 radical (unpaired) electrons. The second-order valence-corrected chi connectivity index (χ2v) is 4.93. The molecule has 0 amide bonds. The van der Waals surface area contributed by atoms with Gasteiger partial charge < -0.3 is 10.2 Å². The summed E-state index contributed by atoms with van der Waals surface area (Å²) < 4.78 is 0. The third-order valence-electron chi connectivity index (χ3n) is 2.65. The fraction of sp³-hybridized carbons (Fsp3) is 1.00. The molecule has 12 heavy (non-hydrogen) atoms.